The fourth-order valence-corrected chi connectivity index (χ4v) is 3.91. The molecule has 1 aliphatic rings. The van der Waals surface area contributed by atoms with Crippen molar-refractivity contribution in [3.63, 3.8) is 0 Å². The highest BCUT2D eigenvalue weighted by Crippen LogP contribution is 2.34. The number of nitrogens with zero attached hydrogens (tertiary/aromatic N) is 1. The molecule has 0 spiro atoms. The van der Waals surface area contributed by atoms with Crippen LogP contribution in [0.4, 0.5) is 0 Å². The molecule has 1 aliphatic heterocycles. The van der Waals surface area contributed by atoms with E-state index in [1.165, 1.54) is 19.4 Å². The topological polar surface area (TPSA) is 15.3 Å². The molecular formula is C16H28N2S. The molecule has 0 saturated heterocycles. The summed E-state index contributed by atoms with van der Waals surface area (Å²) < 4.78 is 0. The van der Waals surface area contributed by atoms with Crippen molar-refractivity contribution in [2.24, 2.45) is 0 Å². The normalized spacial score (nSPS) is 22.3. The second kappa shape index (κ2) is 5.94. The van der Waals surface area contributed by atoms with Crippen LogP contribution in [0.25, 0.3) is 0 Å². The van der Waals surface area contributed by atoms with E-state index in [1.807, 2.05) is 11.3 Å². The van der Waals surface area contributed by atoms with Crippen molar-refractivity contribution < 1.29 is 0 Å². The van der Waals surface area contributed by atoms with Gasteiger partial charge in [-0.15, -0.1) is 11.3 Å². The zero-order valence-electron chi connectivity index (χ0n) is 13.0. The molecule has 3 heteroatoms. The second-order valence-corrected chi connectivity index (χ2v) is 7.66. The van der Waals surface area contributed by atoms with E-state index in [1.54, 1.807) is 10.4 Å². The third-order valence-electron chi connectivity index (χ3n) is 4.13. The van der Waals surface area contributed by atoms with Crippen molar-refractivity contribution in [1.29, 1.82) is 0 Å². The van der Waals surface area contributed by atoms with E-state index in [2.05, 4.69) is 56.3 Å². The smallest absolute Gasteiger partial charge is 0.0334 e. The predicted octanol–water partition coefficient (Wildman–Crippen LogP) is 3.83. The minimum atomic E-state index is 0.208. The number of hydrogen-bond acceptors (Lipinski definition) is 3. The van der Waals surface area contributed by atoms with E-state index in [0.29, 0.717) is 12.1 Å². The van der Waals surface area contributed by atoms with Gasteiger partial charge < -0.3 is 5.32 Å². The highest BCUT2D eigenvalue weighted by atomic mass is 32.1. The first-order chi connectivity index (χ1) is 8.92. The Labute approximate surface area is 122 Å². The average Bonchev–Trinajstić information content (AvgIpc) is 2.80. The van der Waals surface area contributed by atoms with Gasteiger partial charge in [0, 0.05) is 35.6 Å². The first kappa shape index (κ1) is 15.0. The van der Waals surface area contributed by atoms with E-state index < -0.39 is 0 Å². The van der Waals surface area contributed by atoms with Gasteiger partial charge in [-0.25, -0.2) is 0 Å². The SMILES string of the molecule is CCC(CNC(C)(C)C)N1CCc2sccc2C1C. The van der Waals surface area contributed by atoms with Crippen LogP contribution in [0.3, 0.4) is 0 Å². The Morgan fingerprint density at radius 3 is 2.84 bits per heavy atom. The average molecular weight is 280 g/mol. The molecule has 0 aromatic carbocycles. The molecular weight excluding hydrogens is 252 g/mol. The summed E-state index contributed by atoms with van der Waals surface area (Å²) in [6.07, 6.45) is 2.44. The van der Waals surface area contributed by atoms with Crippen LogP contribution in [0, 0.1) is 0 Å². The fourth-order valence-electron chi connectivity index (χ4n) is 2.95. The molecule has 0 amide bonds. The summed E-state index contributed by atoms with van der Waals surface area (Å²) in [5.74, 6) is 0. The first-order valence-electron chi connectivity index (χ1n) is 7.49. The number of thiophene rings is 1. The van der Waals surface area contributed by atoms with Gasteiger partial charge >= 0.3 is 0 Å². The lowest BCUT2D eigenvalue weighted by molar-refractivity contribution is 0.123. The van der Waals surface area contributed by atoms with Crippen molar-refractivity contribution in [2.45, 2.75) is 65.1 Å². The van der Waals surface area contributed by atoms with E-state index >= 15 is 0 Å². The Balaban J connectivity index is 2.04. The number of fused-ring (bicyclic) bond motifs is 1. The molecule has 2 atom stereocenters. The molecule has 2 unspecified atom stereocenters. The molecule has 2 heterocycles. The summed E-state index contributed by atoms with van der Waals surface area (Å²) >= 11 is 1.93. The molecule has 1 N–H and O–H groups in total. The molecule has 0 aliphatic carbocycles. The molecule has 108 valence electrons. The standard InChI is InChI=1S/C16H28N2S/c1-6-13(11-17-16(3,4)5)18-9-7-15-14(12(18)2)8-10-19-15/h8,10,12-13,17H,6-7,9,11H2,1-5H3. The van der Waals surface area contributed by atoms with Crippen LogP contribution in [-0.2, 0) is 6.42 Å². The molecule has 1 aromatic heterocycles. The van der Waals surface area contributed by atoms with E-state index in [9.17, 15) is 0 Å². The van der Waals surface area contributed by atoms with Crippen LogP contribution in [-0.4, -0.2) is 29.6 Å². The Morgan fingerprint density at radius 1 is 1.47 bits per heavy atom. The number of rotatable bonds is 4. The lowest BCUT2D eigenvalue weighted by atomic mass is 9.98. The maximum atomic E-state index is 3.67. The highest BCUT2D eigenvalue weighted by Gasteiger charge is 2.29. The first-order valence-corrected chi connectivity index (χ1v) is 8.37. The third-order valence-corrected chi connectivity index (χ3v) is 5.13. The zero-order chi connectivity index (χ0) is 14.0. The van der Waals surface area contributed by atoms with E-state index in [4.69, 9.17) is 0 Å². The summed E-state index contributed by atoms with van der Waals surface area (Å²) in [5.41, 5.74) is 1.77. The number of hydrogen-bond donors (Lipinski definition) is 1. The van der Waals surface area contributed by atoms with E-state index in [-0.39, 0.29) is 5.54 Å². The predicted molar refractivity (Wildman–Crippen MR) is 85.0 cm³/mol. The monoisotopic (exact) mass is 280 g/mol. The summed E-state index contributed by atoms with van der Waals surface area (Å²) in [6.45, 7) is 13.7. The summed E-state index contributed by atoms with van der Waals surface area (Å²) in [4.78, 5) is 4.29. The molecule has 0 bridgehead atoms. The van der Waals surface area contributed by atoms with Gasteiger partial charge in [-0.05, 0) is 57.5 Å². The Morgan fingerprint density at radius 2 is 2.21 bits per heavy atom. The lowest BCUT2D eigenvalue weighted by Gasteiger charge is -2.40. The molecule has 2 rings (SSSR count). The Bertz CT molecular complexity index is 405. The van der Waals surface area contributed by atoms with E-state index in [0.717, 1.165) is 6.54 Å². The molecule has 0 radical (unpaired) electrons. The lowest BCUT2D eigenvalue weighted by Crippen LogP contribution is -2.49. The maximum Gasteiger partial charge on any atom is 0.0334 e. The van der Waals surface area contributed by atoms with Crippen molar-refractivity contribution in [3.05, 3.63) is 21.9 Å². The van der Waals surface area contributed by atoms with Crippen molar-refractivity contribution in [1.82, 2.24) is 10.2 Å². The molecule has 1 aromatic rings. The Hall–Kier alpha value is -0.380. The van der Waals surface area contributed by atoms with Gasteiger partial charge in [0.05, 0.1) is 0 Å². The van der Waals surface area contributed by atoms with Crippen LogP contribution >= 0.6 is 11.3 Å². The quantitative estimate of drug-likeness (QED) is 0.901. The van der Waals surface area contributed by atoms with Crippen molar-refractivity contribution >= 4 is 11.3 Å². The van der Waals surface area contributed by atoms with Gasteiger partial charge in [-0.3, -0.25) is 4.90 Å². The van der Waals surface area contributed by atoms with Crippen LogP contribution in [0.5, 0.6) is 0 Å². The van der Waals surface area contributed by atoms with Gasteiger partial charge in [0.15, 0.2) is 0 Å². The van der Waals surface area contributed by atoms with Gasteiger partial charge in [-0.1, -0.05) is 6.92 Å². The highest BCUT2D eigenvalue weighted by molar-refractivity contribution is 7.10. The van der Waals surface area contributed by atoms with Gasteiger partial charge in [0.25, 0.3) is 0 Å². The van der Waals surface area contributed by atoms with Crippen molar-refractivity contribution in [2.75, 3.05) is 13.1 Å². The molecule has 19 heavy (non-hydrogen) atoms. The summed E-state index contributed by atoms with van der Waals surface area (Å²) in [5, 5.41) is 5.92. The van der Waals surface area contributed by atoms with Gasteiger partial charge in [0.2, 0.25) is 0 Å². The van der Waals surface area contributed by atoms with Crippen LogP contribution in [0.2, 0.25) is 0 Å². The minimum Gasteiger partial charge on any atom is -0.311 e. The van der Waals surface area contributed by atoms with Crippen LogP contribution < -0.4 is 5.32 Å². The largest absolute Gasteiger partial charge is 0.311 e. The van der Waals surface area contributed by atoms with Crippen LogP contribution in [0.1, 0.15) is 57.5 Å². The maximum absolute atomic E-state index is 3.67. The second-order valence-electron chi connectivity index (χ2n) is 6.66. The summed E-state index contributed by atoms with van der Waals surface area (Å²) in [6, 6.07) is 3.53. The van der Waals surface area contributed by atoms with Crippen LogP contribution in [0.15, 0.2) is 11.4 Å². The zero-order valence-corrected chi connectivity index (χ0v) is 13.8. The van der Waals surface area contributed by atoms with Crippen molar-refractivity contribution in [3.8, 4) is 0 Å². The van der Waals surface area contributed by atoms with Gasteiger partial charge in [-0.2, -0.15) is 0 Å². The Kier molecular flexibility index (Phi) is 4.70. The van der Waals surface area contributed by atoms with Gasteiger partial charge in [0.1, 0.15) is 0 Å². The minimum absolute atomic E-state index is 0.208. The molecule has 0 saturated carbocycles. The fraction of sp³-hybridized carbons (Fsp3) is 0.750. The third kappa shape index (κ3) is 3.59. The number of nitrogens with one attached hydrogen (secondary N) is 1. The molecule has 2 nitrogen and oxygen atoms in total. The summed E-state index contributed by atoms with van der Waals surface area (Å²) in [7, 11) is 0. The molecule has 0 fully saturated rings.